The number of hydrogen-bond acceptors (Lipinski definition) is 5. The smallest absolute Gasteiger partial charge is 0.289 e. The van der Waals surface area contributed by atoms with E-state index in [1.165, 1.54) is 6.92 Å². The van der Waals surface area contributed by atoms with Crippen LogP contribution in [0.2, 0.25) is 0 Å². The molecule has 134 valence electrons. The third-order valence-electron chi connectivity index (χ3n) is 4.32. The molecule has 2 amide bonds. The number of amides is 2. The minimum atomic E-state index is -0.137. The van der Waals surface area contributed by atoms with Gasteiger partial charge in [-0.15, -0.1) is 0 Å². The van der Waals surface area contributed by atoms with Crippen LogP contribution in [0.5, 0.6) is 0 Å². The summed E-state index contributed by atoms with van der Waals surface area (Å²) in [6, 6.07) is 3.51. The number of carbonyl (C=O) groups is 2. The zero-order chi connectivity index (χ0) is 18.0. The molecule has 0 saturated carbocycles. The van der Waals surface area contributed by atoms with Crippen LogP contribution in [0, 0.1) is 13.8 Å². The lowest BCUT2D eigenvalue weighted by Gasteiger charge is -2.32. The zero-order valence-electron chi connectivity index (χ0n) is 14.8. The molecule has 3 rings (SSSR count). The summed E-state index contributed by atoms with van der Waals surface area (Å²) in [5.41, 5.74) is 0. The molecule has 1 atom stereocenters. The predicted octanol–water partition coefficient (Wildman–Crippen LogP) is 1.60. The summed E-state index contributed by atoms with van der Waals surface area (Å²) in [5.74, 6) is 2.21. The van der Waals surface area contributed by atoms with Gasteiger partial charge in [-0.1, -0.05) is 0 Å². The maximum absolute atomic E-state index is 12.7. The molecule has 25 heavy (non-hydrogen) atoms. The van der Waals surface area contributed by atoms with Crippen LogP contribution >= 0.6 is 0 Å². The first-order chi connectivity index (χ1) is 11.9. The van der Waals surface area contributed by atoms with Gasteiger partial charge in [0.05, 0.1) is 12.6 Å². The van der Waals surface area contributed by atoms with Gasteiger partial charge in [0.2, 0.25) is 5.91 Å². The van der Waals surface area contributed by atoms with Gasteiger partial charge in [0.25, 0.3) is 5.91 Å². The van der Waals surface area contributed by atoms with E-state index in [4.69, 9.17) is 4.42 Å². The minimum Gasteiger partial charge on any atom is -0.454 e. The van der Waals surface area contributed by atoms with Crippen molar-refractivity contribution in [2.24, 2.45) is 0 Å². The van der Waals surface area contributed by atoms with Gasteiger partial charge in [-0.25, -0.2) is 9.67 Å². The molecule has 1 fully saturated rings. The molecule has 3 heterocycles. The highest BCUT2D eigenvalue weighted by Crippen LogP contribution is 2.24. The molecule has 1 unspecified atom stereocenters. The Balaban J connectivity index is 1.68. The van der Waals surface area contributed by atoms with Crippen molar-refractivity contribution in [3.05, 3.63) is 35.3 Å². The fourth-order valence-corrected chi connectivity index (χ4v) is 3.18. The highest BCUT2D eigenvalue weighted by atomic mass is 16.4. The number of likely N-dealkylation sites (tertiary alicyclic amines) is 1. The van der Waals surface area contributed by atoms with Gasteiger partial charge in [0.15, 0.2) is 5.76 Å². The number of aryl methyl sites for hydroxylation is 2. The second-order valence-corrected chi connectivity index (χ2v) is 6.37. The Morgan fingerprint density at radius 3 is 2.84 bits per heavy atom. The largest absolute Gasteiger partial charge is 0.454 e. The molecule has 0 aliphatic carbocycles. The van der Waals surface area contributed by atoms with Crippen LogP contribution in [0.15, 0.2) is 16.5 Å². The first-order valence-electron chi connectivity index (χ1n) is 8.46. The summed E-state index contributed by atoms with van der Waals surface area (Å²) in [6.45, 7) is 6.81. The number of furan rings is 1. The van der Waals surface area contributed by atoms with Crippen LogP contribution in [0.25, 0.3) is 0 Å². The molecule has 0 radical (unpaired) electrons. The van der Waals surface area contributed by atoms with Gasteiger partial charge in [0, 0.05) is 20.0 Å². The number of hydrogen-bond donors (Lipinski definition) is 1. The van der Waals surface area contributed by atoms with Crippen molar-refractivity contribution in [2.45, 2.75) is 46.2 Å². The monoisotopic (exact) mass is 345 g/mol. The van der Waals surface area contributed by atoms with E-state index in [9.17, 15) is 9.59 Å². The maximum atomic E-state index is 12.7. The summed E-state index contributed by atoms with van der Waals surface area (Å²) < 4.78 is 7.49. The molecule has 2 aromatic rings. The molecule has 0 bridgehead atoms. The summed E-state index contributed by atoms with van der Waals surface area (Å²) >= 11 is 0. The molecule has 8 nitrogen and oxygen atoms in total. The molecule has 0 aromatic carbocycles. The highest BCUT2D eigenvalue weighted by Gasteiger charge is 2.28. The Hall–Kier alpha value is -2.64. The number of nitrogens with zero attached hydrogens (tertiary/aromatic N) is 4. The number of rotatable bonds is 4. The van der Waals surface area contributed by atoms with E-state index in [0.29, 0.717) is 24.6 Å². The Kier molecular flexibility index (Phi) is 4.87. The summed E-state index contributed by atoms with van der Waals surface area (Å²) in [4.78, 5) is 29.8. The maximum Gasteiger partial charge on any atom is 0.289 e. The van der Waals surface area contributed by atoms with Gasteiger partial charge < -0.3 is 14.6 Å². The van der Waals surface area contributed by atoms with Crippen LogP contribution in [-0.2, 0) is 11.3 Å². The highest BCUT2D eigenvalue weighted by molar-refractivity contribution is 5.91. The fourth-order valence-electron chi connectivity index (χ4n) is 3.18. The summed E-state index contributed by atoms with van der Waals surface area (Å²) in [7, 11) is 0. The van der Waals surface area contributed by atoms with Crippen LogP contribution in [0.3, 0.4) is 0 Å². The molecule has 1 aliphatic rings. The molecular weight excluding hydrogens is 322 g/mol. The lowest BCUT2D eigenvalue weighted by atomic mass is 10.1. The van der Waals surface area contributed by atoms with E-state index in [2.05, 4.69) is 15.4 Å². The van der Waals surface area contributed by atoms with Crippen molar-refractivity contribution in [1.29, 1.82) is 0 Å². The average Bonchev–Trinajstić information content (AvgIpc) is 3.18. The second-order valence-electron chi connectivity index (χ2n) is 6.37. The summed E-state index contributed by atoms with van der Waals surface area (Å²) in [6.07, 6.45) is 1.88. The molecular formula is C17H23N5O3. The number of carbonyl (C=O) groups excluding carboxylic acids is 2. The Labute approximate surface area is 146 Å². The topological polar surface area (TPSA) is 93.3 Å². The fraction of sp³-hybridized carbons (Fsp3) is 0.529. The third kappa shape index (κ3) is 3.89. The van der Waals surface area contributed by atoms with Crippen LogP contribution < -0.4 is 5.32 Å². The van der Waals surface area contributed by atoms with E-state index < -0.39 is 0 Å². The van der Waals surface area contributed by atoms with Crippen molar-refractivity contribution in [1.82, 2.24) is 25.0 Å². The third-order valence-corrected chi connectivity index (χ3v) is 4.32. The standard InChI is InChI=1S/C17H23N5O3/c1-11-19-12(2)22(20-11)14-5-4-8-21(10-14)17(24)16-7-6-15(25-16)9-18-13(3)23/h6-7,14H,4-5,8-10H2,1-3H3,(H,18,23). The van der Waals surface area contributed by atoms with Crippen molar-refractivity contribution < 1.29 is 14.0 Å². The number of aromatic nitrogens is 3. The first kappa shape index (κ1) is 17.2. The van der Waals surface area contributed by atoms with Gasteiger partial charge in [-0.05, 0) is 38.8 Å². The van der Waals surface area contributed by atoms with E-state index in [1.807, 2.05) is 18.5 Å². The van der Waals surface area contributed by atoms with Crippen molar-refractivity contribution in [2.75, 3.05) is 13.1 Å². The van der Waals surface area contributed by atoms with E-state index >= 15 is 0 Å². The SMILES string of the molecule is CC(=O)NCc1ccc(C(=O)N2CCCC(n3nc(C)nc3C)C2)o1. The Bertz CT molecular complexity index is 779. The molecule has 2 aromatic heterocycles. The molecule has 1 saturated heterocycles. The van der Waals surface area contributed by atoms with Gasteiger partial charge in [-0.3, -0.25) is 9.59 Å². The predicted molar refractivity (Wildman–Crippen MR) is 89.9 cm³/mol. The average molecular weight is 345 g/mol. The minimum absolute atomic E-state index is 0.131. The van der Waals surface area contributed by atoms with Gasteiger partial charge in [-0.2, -0.15) is 5.10 Å². The van der Waals surface area contributed by atoms with E-state index in [0.717, 1.165) is 24.5 Å². The number of piperidine rings is 1. The van der Waals surface area contributed by atoms with Crippen LogP contribution in [0.1, 0.15) is 53.8 Å². The summed E-state index contributed by atoms with van der Waals surface area (Å²) in [5, 5.41) is 7.10. The first-order valence-corrected chi connectivity index (χ1v) is 8.46. The molecule has 1 aliphatic heterocycles. The van der Waals surface area contributed by atoms with Crippen molar-refractivity contribution in [3.63, 3.8) is 0 Å². The normalized spacial score (nSPS) is 17.6. The lowest BCUT2D eigenvalue weighted by Crippen LogP contribution is -2.41. The van der Waals surface area contributed by atoms with Crippen molar-refractivity contribution >= 4 is 11.8 Å². The van der Waals surface area contributed by atoms with Gasteiger partial charge >= 0.3 is 0 Å². The van der Waals surface area contributed by atoms with E-state index in [1.54, 1.807) is 17.0 Å². The van der Waals surface area contributed by atoms with Crippen molar-refractivity contribution in [3.8, 4) is 0 Å². The lowest BCUT2D eigenvalue weighted by molar-refractivity contribution is -0.119. The van der Waals surface area contributed by atoms with Crippen LogP contribution in [0.4, 0.5) is 0 Å². The Morgan fingerprint density at radius 2 is 2.16 bits per heavy atom. The van der Waals surface area contributed by atoms with Gasteiger partial charge in [0.1, 0.15) is 17.4 Å². The molecule has 8 heteroatoms. The Morgan fingerprint density at radius 1 is 1.36 bits per heavy atom. The zero-order valence-corrected chi connectivity index (χ0v) is 14.8. The van der Waals surface area contributed by atoms with E-state index in [-0.39, 0.29) is 24.4 Å². The second kappa shape index (κ2) is 7.08. The number of nitrogens with one attached hydrogen (secondary N) is 1. The van der Waals surface area contributed by atoms with Crippen LogP contribution in [-0.4, -0.2) is 44.6 Å². The molecule has 1 N–H and O–H groups in total. The quantitative estimate of drug-likeness (QED) is 0.908. The molecule has 0 spiro atoms.